The average molecular weight is 864 g/mol. The molecule has 0 saturated heterocycles. The van der Waals surface area contributed by atoms with Crippen LogP contribution < -0.4 is 59.5 Å². The van der Waals surface area contributed by atoms with E-state index in [-0.39, 0.29) is 54.6 Å². The second-order valence-electron chi connectivity index (χ2n) is 17.4. The van der Waals surface area contributed by atoms with Crippen LogP contribution in [-0.2, 0) is 0 Å². The summed E-state index contributed by atoms with van der Waals surface area (Å²) in [6, 6.07) is 59.9. The summed E-state index contributed by atoms with van der Waals surface area (Å²) in [5.74, 6) is 0. The molecular formula is C58H29B10NO. The lowest BCUT2D eigenvalue weighted by Crippen LogP contribution is -2.55. The molecule has 12 heteroatoms. The molecule has 0 aliphatic heterocycles. The lowest BCUT2D eigenvalue weighted by molar-refractivity contribution is 0.670. The highest BCUT2D eigenvalue weighted by Crippen LogP contribution is 2.47. The predicted octanol–water partition coefficient (Wildman–Crippen LogP) is 4.48. The van der Waals surface area contributed by atoms with E-state index < -0.39 is 0 Å². The molecular weight excluding hydrogens is 835 g/mol. The molecule has 1 aromatic heterocycles. The minimum atomic E-state index is 0.135. The Morgan fingerprint density at radius 1 is 0.300 bits per heavy atom. The fourth-order valence-electron chi connectivity index (χ4n) is 9.86. The maximum absolute atomic E-state index is 6.76. The highest BCUT2D eigenvalue weighted by atomic mass is 16.3. The second-order valence-corrected chi connectivity index (χ2v) is 17.4. The summed E-state index contributed by atoms with van der Waals surface area (Å²) in [7, 11) is 64.7. The predicted molar refractivity (Wildman–Crippen MR) is 307 cm³/mol. The van der Waals surface area contributed by atoms with E-state index in [4.69, 9.17) is 82.9 Å². The highest BCUT2D eigenvalue weighted by molar-refractivity contribution is 6.70. The van der Waals surface area contributed by atoms with Crippen LogP contribution in [0.5, 0.6) is 0 Å². The van der Waals surface area contributed by atoms with Crippen LogP contribution in [0.3, 0.4) is 0 Å². The SMILES string of the molecule is [B]c1c([B])c([B])c(-c2ccccc2-c2ccccc2-c2ccc(N(c3ccc(-c4cccc5ccccc45)cc3)c3ccc(-c4c([B])c([B])c([B])c([B])c4[B])c4oc5ccccc5c34)cc2)c([B])c1[B]. The molecule has 302 valence electrons. The number of benzene rings is 10. The van der Waals surface area contributed by atoms with E-state index >= 15 is 0 Å². The number of hydrogen-bond donors (Lipinski definition) is 0. The Labute approximate surface area is 421 Å². The van der Waals surface area contributed by atoms with Gasteiger partial charge in [-0.25, -0.2) is 0 Å². The molecule has 0 fully saturated rings. The minimum absolute atomic E-state index is 0.135. The number of hydrogen-bond acceptors (Lipinski definition) is 2. The Morgan fingerprint density at radius 2 is 0.714 bits per heavy atom. The summed E-state index contributed by atoms with van der Waals surface area (Å²) in [4.78, 5) is 2.23. The molecule has 0 aliphatic rings. The van der Waals surface area contributed by atoms with E-state index in [0.29, 0.717) is 27.9 Å². The second kappa shape index (κ2) is 17.9. The molecule has 70 heavy (non-hydrogen) atoms. The van der Waals surface area contributed by atoms with Crippen molar-refractivity contribution in [3.63, 3.8) is 0 Å². The molecule has 10 aromatic carbocycles. The van der Waals surface area contributed by atoms with E-state index in [1.165, 1.54) is 10.8 Å². The van der Waals surface area contributed by atoms with E-state index in [2.05, 4.69) is 108 Å². The normalized spacial score (nSPS) is 11.4. The van der Waals surface area contributed by atoms with Gasteiger partial charge in [0.1, 0.15) is 89.6 Å². The van der Waals surface area contributed by atoms with Crippen molar-refractivity contribution in [3.05, 3.63) is 176 Å². The number of rotatable bonds is 8. The van der Waals surface area contributed by atoms with Crippen molar-refractivity contribution in [1.82, 2.24) is 0 Å². The first kappa shape index (κ1) is 45.2. The molecule has 0 aliphatic carbocycles. The van der Waals surface area contributed by atoms with Crippen LogP contribution in [0.1, 0.15) is 0 Å². The molecule has 11 rings (SSSR count). The van der Waals surface area contributed by atoms with Gasteiger partial charge in [-0.1, -0.05) is 155 Å². The minimum Gasteiger partial charge on any atom is -0.455 e. The maximum Gasteiger partial charge on any atom is 0.145 e. The Bertz CT molecular complexity index is 3840. The molecule has 0 amide bonds. The maximum atomic E-state index is 6.76. The van der Waals surface area contributed by atoms with Crippen molar-refractivity contribution in [2.24, 2.45) is 0 Å². The molecule has 1 heterocycles. The molecule has 0 N–H and O–H groups in total. The van der Waals surface area contributed by atoms with E-state index in [0.717, 1.165) is 66.8 Å². The molecule has 0 unspecified atom stereocenters. The number of para-hydroxylation sites is 1. The van der Waals surface area contributed by atoms with Gasteiger partial charge in [-0.05, 0) is 103 Å². The zero-order chi connectivity index (χ0) is 48.5. The molecule has 20 radical (unpaired) electrons. The summed E-state index contributed by atoms with van der Waals surface area (Å²) < 4.78 is 6.76. The fraction of sp³-hybridized carbons (Fsp3) is 0. The van der Waals surface area contributed by atoms with Crippen molar-refractivity contribution < 1.29 is 4.42 Å². The number of anilines is 3. The smallest absolute Gasteiger partial charge is 0.145 e. The third-order valence-corrected chi connectivity index (χ3v) is 13.5. The van der Waals surface area contributed by atoms with Crippen molar-refractivity contribution in [3.8, 4) is 55.6 Å². The number of nitrogens with zero attached hydrogens (tertiary/aromatic N) is 1. The van der Waals surface area contributed by atoms with Gasteiger partial charge >= 0.3 is 0 Å². The van der Waals surface area contributed by atoms with Crippen LogP contribution in [0, 0.1) is 0 Å². The molecule has 0 spiro atoms. The summed E-state index contributed by atoms with van der Waals surface area (Å²) in [5, 5.41) is 4.05. The largest absolute Gasteiger partial charge is 0.455 e. The molecule has 2 nitrogen and oxygen atoms in total. The van der Waals surface area contributed by atoms with Gasteiger partial charge in [0, 0.05) is 22.3 Å². The first-order valence-electron chi connectivity index (χ1n) is 22.6. The van der Waals surface area contributed by atoms with Crippen LogP contribution in [0.15, 0.2) is 180 Å². The standard InChI is InChI=1S/C58H29B10NO/c59-48-46(49(60)53(64)56(67)52(48)63)40-16-6-5-15-39(40)38-14-4-3-13-37(38)32-22-26-34(27-23-32)69(33-24-20-31(21-25-33)36-18-9-11-30-10-1-2-12-35(30)36)43-29-28-42(47-50(61)54(65)57(68)55(66)51(47)62)58-45(43)41-17-7-8-19-44(41)70-58/h1-29H. The zero-order valence-electron chi connectivity index (χ0n) is 37.9. The monoisotopic (exact) mass is 865 g/mol. The first-order chi connectivity index (χ1) is 33.9. The lowest BCUT2D eigenvalue weighted by atomic mass is 9.59. The molecule has 0 atom stereocenters. The van der Waals surface area contributed by atoms with Crippen LogP contribution in [0.4, 0.5) is 17.1 Å². The van der Waals surface area contributed by atoms with Crippen LogP contribution in [-0.4, -0.2) is 78.5 Å². The third kappa shape index (κ3) is 7.34. The first-order valence-corrected chi connectivity index (χ1v) is 22.6. The van der Waals surface area contributed by atoms with Gasteiger partial charge in [0.15, 0.2) is 0 Å². The number of fused-ring (bicyclic) bond motifs is 4. The molecule has 11 aromatic rings. The van der Waals surface area contributed by atoms with Gasteiger partial charge in [0.2, 0.25) is 0 Å². The lowest BCUT2D eigenvalue weighted by Gasteiger charge is -2.28. The summed E-state index contributed by atoms with van der Waals surface area (Å²) in [6.07, 6.45) is 0. The highest BCUT2D eigenvalue weighted by Gasteiger charge is 2.25. The zero-order valence-corrected chi connectivity index (χ0v) is 37.9. The van der Waals surface area contributed by atoms with Gasteiger partial charge < -0.3 is 9.32 Å². The van der Waals surface area contributed by atoms with E-state index in [1.807, 2.05) is 72.8 Å². The van der Waals surface area contributed by atoms with Gasteiger partial charge in [-0.15, -0.1) is 32.8 Å². The average Bonchev–Trinajstić information content (AvgIpc) is 3.80. The van der Waals surface area contributed by atoms with Gasteiger partial charge in [0.25, 0.3) is 0 Å². The van der Waals surface area contributed by atoms with Crippen molar-refractivity contribution in [2.75, 3.05) is 4.90 Å². The van der Waals surface area contributed by atoms with Gasteiger partial charge in [0.05, 0.1) is 11.1 Å². The van der Waals surface area contributed by atoms with Gasteiger partial charge in [-0.3, -0.25) is 0 Å². The van der Waals surface area contributed by atoms with Crippen molar-refractivity contribution >= 4 is 183 Å². The Morgan fingerprint density at radius 3 is 1.30 bits per heavy atom. The Hall–Kier alpha value is -7.29. The quantitative estimate of drug-likeness (QED) is 0.210. The number of furan rings is 1. The molecule has 0 saturated carbocycles. The molecule has 0 bridgehead atoms. The topological polar surface area (TPSA) is 16.4 Å². The van der Waals surface area contributed by atoms with Gasteiger partial charge in [-0.2, -0.15) is 0 Å². The van der Waals surface area contributed by atoms with Crippen LogP contribution in [0.25, 0.3) is 88.3 Å². The Kier molecular flexibility index (Phi) is 11.6. The third-order valence-electron chi connectivity index (χ3n) is 13.5. The van der Waals surface area contributed by atoms with Crippen molar-refractivity contribution in [1.29, 1.82) is 0 Å². The van der Waals surface area contributed by atoms with Crippen LogP contribution >= 0.6 is 0 Å². The summed E-state index contributed by atoms with van der Waals surface area (Å²) in [5.41, 5.74) is 14.2. The van der Waals surface area contributed by atoms with E-state index in [1.54, 1.807) is 0 Å². The summed E-state index contributed by atoms with van der Waals surface area (Å²) >= 11 is 0. The van der Waals surface area contributed by atoms with E-state index in [9.17, 15) is 0 Å². The fourth-order valence-corrected chi connectivity index (χ4v) is 9.86. The Balaban J connectivity index is 1.10. The summed E-state index contributed by atoms with van der Waals surface area (Å²) in [6.45, 7) is 0. The van der Waals surface area contributed by atoms with Crippen molar-refractivity contribution in [2.45, 2.75) is 0 Å². The van der Waals surface area contributed by atoms with Crippen LogP contribution in [0.2, 0.25) is 0 Å².